The second-order valence-corrected chi connectivity index (χ2v) is 11.7. The third-order valence-electron chi connectivity index (χ3n) is 10.6. The number of fused-ring (bicyclic) bond motifs is 5. The number of rotatable bonds is 2. The van der Waals surface area contributed by atoms with Gasteiger partial charge in [0.2, 0.25) is 5.79 Å². The summed E-state index contributed by atoms with van der Waals surface area (Å²) in [4.78, 5) is 0. The summed E-state index contributed by atoms with van der Waals surface area (Å²) in [5.74, 6) is -1.19. The fraction of sp³-hybridized carbons (Fsp3) is 0.920. The Bertz CT molecular complexity index is 800. The second-order valence-electron chi connectivity index (χ2n) is 11.7. The monoisotopic (exact) mass is 450 g/mol. The zero-order chi connectivity index (χ0) is 22.4. The van der Waals surface area contributed by atoms with Crippen molar-refractivity contribution in [3.05, 3.63) is 11.6 Å². The fourth-order valence-electron chi connectivity index (χ4n) is 9.03. The first-order valence-electron chi connectivity index (χ1n) is 12.5. The molecule has 0 aromatic rings. The molecule has 180 valence electrons. The zero-order valence-corrected chi connectivity index (χ0v) is 19.3. The molecule has 6 aliphatic rings. The number of aliphatic hydroxyl groups is 3. The number of hydrogen-bond donors (Lipinski definition) is 3. The van der Waals surface area contributed by atoms with Crippen LogP contribution < -0.4 is 0 Å². The molecule has 3 saturated carbocycles. The lowest BCUT2D eigenvalue weighted by Crippen LogP contribution is -2.68. The van der Waals surface area contributed by atoms with Gasteiger partial charge in [0.05, 0.1) is 32.5 Å². The molecule has 7 atom stereocenters. The SMILES string of the molecule is C[C@]12CCC3(CC1=CC[C@@H]1[C@@H]2[C@@H](O)C[C@@]2(C)[C@H]1CC[C@]2(O)C1(CO)OCCO1)OCCO3. The number of hydrogen-bond acceptors (Lipinski definition) is 7. The van der Waals surface area contributed by atoms with Gasteiger partial charge in [-0.1, -0.05) is 25.5 Å². The molecule has 2 saturated heterocycles. The van der Waals surface area contributed by atoms with E-state index in [1.807, 2.05) is 0 Å². The van der Waals surface area contributed by atoms with Crippen molar-refractivity contribution in [1.29, 1.82) is 0 Å². The van der Waals surface area contributed by atoms with Crippen molar-refractivity contribution in [3.63, 3.8) is 0 Å². The van der Waals surface area contributed by atoms with Crippen LogP contribution in [0.25, 0.3) is 0 Å². The maximum absolute atomic E-state index is 12.1. The Morgan fingerprint density at radius 1 is 1.00 bits per heavy atom. The van der Waals surface area contributed by atoms with Crippen LogP contribution in [-0.2, 0) is 18.9 Å². The molecule has 32 heavy (non-hydrogen) atoms. The van der Waals surface area contributed by atoms with Gasteiger partial charge in [-0.15, -0.1) is 0 Å². The molecule has 2 aliphatic heterocycles. The number of ether oxygens (including phenoxy) is 4. The maximum Gasteiger partial charge on any atom is 0.222 e. The minimum Gasteiger partial charge on any atom is -0.393 e. The van der Waals surface area contributed by atoms with Crippen molar-refractivity contribution in [3.8, 4) is 0 Å². The first kappa shape index (κ1) is 22.0. The highest BCUT2D eigenvalue weighted by molar-refractivity contribution is 5.29. The second kappa shape index (κ2) is 7.00. The lowest BCUT2D eigenvalue weighted by Gasteiger charge is -2.62. The van der Waals surface area contributed by atoms with E-state index in [1.165, 1.54) is 5.57 Å². The minimum absolute atomic E-state index is 0.0834. The molecule has 0 aromatic carbocycles. The van der Waals surface area contributed by atoms with Gasteiger partial charge in [0.1, 0.15) is 12.2 Å². The van der Waals surface area contributed by atoms with Crippen molar-refractivity contribution in [2.45, 2.75) is 82.1 Å². The van der Waals surface area contributed by atoms with E-state index in [2.05, 4.69) is 19.9 Å². The van der Waals surface area contributed by atoms with Gasteiger partial charge in [-0.3, -0.25) is 0 Å². The molecular weight excluding hydrogens is 412 g/mol. The van der Waals surface area contributed by atoms with E-state index < -0.39 is 28.7 Å². The summed E-state index contributed by atoms with van der Waals surface area (Å²) >= 11 is 0. The third-order valence-corrected chi connectivity index (χ3v) is 10.6. The van der Waals surface area contributed by atoms with Gasteiger partial charge in [0.15, 0.2) is 5.79 Å². The van der Waals surface area contributed by atoms with Crippen LogP contribution in [0.4, 0.5) is 0 Å². The Kier molecular flexibility index (Phi) is 4.80. The van der Waals surface area contributed by atoms with Gasteiger partial charge in [-0.2, -0.15) is 0 Å². The lowest BCUT2D eigenvalue weighted by molar-refractivity contribution is -0.324. The summed E-state index contributed by atoms with van der Waals surface area (Å²) in [6.45, 7) is 6.10. The predicted octanol–water partition coefficient (Wildman–Crippen LogP) is 2.13. The van der Waals surface area contributed by atoms with E-state index >= 15 is 0 Å². The van der Waals surface area contributed by atoms with E-state index in [1.54, 1.807) is 0 Å². The average Bonchev–Trinajstić information content (AvgIpc) is 3.49. The van der Waals surface area contributed by atoms with Gasteiger partial charge in [-0.25, -0.2) is 0 Å². The minimum atomic E-state index is -1.39. The molecule has 7 heteroatoms. The van der Waals surface area contributed by atoms with E-state index in [9.17, 15) is 15.3 Å². The van der Waals surface area contributed by atoms with Gasteiger partial charge < -0.3 is 34.3 Å². The highest BCUT2D eigenvalue weighted by Gasteiger charge is 2.73. The summed E-state index contributed by atoms with van der Waals surface area (Å²) in [6.07, 6.45) is 7.20. The van der Waals surface area contributed by atoms with Crippen LogP contribution in [0.5, 0.6) is 0 Å². The molecule has 5 fully saturated rings. The highest BCUT2D eigenvalue weighted by atomic mass is 16.8. The van der Waals surface area contributed by atoms with Crippen molar-refractivity contribution < 1.29 is 34.3 Å². The predicted molar refractivity (Wildman–Crippen MR) is 114 cm³/mol. The number of aliphatic hydroxyl groups excluding tert-OH is 2. The van der Waals surface area contributed by atoms with Gasteiger partial charge >= 0.3 is 0 Å². The van der Waals surface area contributed by atoms with E-state index in [4.69, 9.17) is 18.9 Å². The summed E-state index contributed by atoms with van der Waals surface area (Å²) < 4.78 is 23.8. The van der Waals surface area contributed by atoms with E-state index in [0.29, 0.717) is 39.3 Å². The lowest BCUT2D eigenvalue weighted by atomic mass is 9.45. The molecule has 3 N–H and O–H groups in total. The maximum atomic E-state index is 12.1. The number of allylic oxidation sites excluding steroid dienone is 1. The van der Waals surface area contributed by atoms with Gasteiger partial charge in [-0.05, 0) is 55.3 Å². The van der Waals surface area contributed by atoms with Gasteiger partial charge in [0.25, 0.3) is 0 Å². The Labute approximate surface area is 190 Å². The molecule has 7 nitrogen and oxygen atoms in total. The van der Waals surface area contributed by atoms with Crippen LogP contribution in [0, 0.1) is 28.6 Å². The standard InChI is InChI=1S/C25H38O7/c1-21-7-8-23(29-9-10-30-23)13-16(21)3-4-17-18-5-6-24(28,25(15-26)31-11-12-32-25)22(18,2)14-19(27)20(17)21/h3,17-20,26-28H,4-15H2,1-2H3/t17-,18-,19-,20+,21-,22-,24+/m0/s1. The fourth-order valence-corrected chi connectivity index (χ4v) is 9.03. The first-order valence-corrected chi connectivity index (χ1v) is 12.5. The third kappa shape index (κ3) is 2.56. The Hall–Kier alpha value is -0.540. The van der Waals surface area contributed by atoms with Crippen molar-refractivity contribution in [1.82, 2.24) is 0 Å². The smallest absolute Gasteiger partial charge is 0.222 e. The largest absolute Gasteiger partial charge is 0.393 e. The topological polar surface area (TPSA) is 97.6 Å². The molecule has 0 aromatic heterocycles. The van der Waals surface area contributed by atoms with Crippen LogP contribution in [0.3, 0.4) is 0 Å². The van der Waals surface area contributed by atoms with Crippen LogP contribution >= 0.6 is 0 Å². The normalized spacial score (nSPS) is 51.2. The summed E-state index contributed by atoms with van der Waals surface area (Å²) in [5.41, 5.74) is -0.623. The molecule has 2 heterocycles. The van der Waals surface area contributed by atoms with Crippen LogP contribution in [-0.4, -0.2) is 71.6 Å². The van der Waals surface area contributed by atoms with Crippen molar-refractivity contribution in [2.75, 3.05) is 33.0 Å². The Morgan fingerprint density at radius 2 is 1.69 bits per heavy atom. The molecule has 0 unspecified atom stereocenters. The molecule has 4 aliphatic carbocycles. The van der Waals surface area contributed by atoms with E-state index in [0.717, 1.165) is 32.1 Å². The van der Waals surface area contributed by atoms with E-state index in [-0.39, 0.29) is 29.8 Å². The highest BCUT2D eigenvalue weighted by Crippen LogP contribution is 2.69. The molecule has 1 spiro atoms. The summed E-state index contributed by atoms with van der Waals surface area (Å²) in [7, 11) is 0. The van der Waals surface area contributed by atoms with Crippen molar-refractivity contribution >= 4 is 0 Å². The molecule has 0 amide bonds. The van der Waals surface area contributed by atoms with Crippen LogP contribution in [0.15, 0.2) is 11.6 Å². The molecular formula is C25H38O7. The van der Waals surface area contributed by atoms with Crippen molar-refractivity contribution in [2.24, 2.45) is 28.6 Å². The molecule has 0 radical (unpaired) electrons. The summed E-state index contributed by atoms with van der Waals surface area (Å²) in [5, 5.41) is 34.0. The summed E-state index contributed by atoms with van der Waals surface area (Å²) in [6, 6.07) is 0. The zero-order valence-electron chi connectivity index (χ0n) is 19.3. The Morgan fingerprint density at radius 3 is 2.38 bits per heavy atom. The first-order chi connectivity index (χ1) is 15.2. The van der Waals surface area contributed by atoms with Gasteiger partial charge in [0, 0.05) is 18.3 Å². The van der Waals surface area contributed by atoms with Crippen LogP contribution in [0.2, 0.25) is 0 Å². The Balaban J connectivity index is 1.35. The van der Waals surface area contributed by atoms with Crippen LogP contribution in [0.1, 0.15) is 58.8 Å². The average molecular weight is 451 g/mol. The quantitative estimate of drug-likeness (QED) is 0.555. The molecule has 6 rings (SSSR count). The molecule has 0 bridgehead atoms.